The monoisotopic (exact) mass is 383 g/mol. The highest BCUT2D eigenvalue weighted by atomic mass is 16.5. The van der Waals surface area contributed by atoms with Crippen LogP contribution in [0, 0.1) is 13.8 Å². The number of para-hydroxylation sites is 1. The van der Waals surface area contributed by atoms with Gasteiger partial charge in [-0.15, -0.1) is 0 Å². The van der Waals surface area contributed by atoms with Crippen molar-refractivity contribution in [3.63, 3.8) is 0 Å². The van der Waals surface area contributed by atoms with Crippen LogP contribution in [0.25, 0.3) is 5.69 Å². The van der Waals surface area contributed by atoms with Crippen LogP contribution in [0.2, 0.25) is 0 Å². The highest BCUT2D eigenvalue weighted by Gasteiger charge is 2.24. The molecule has 2 amide bonds. The number of ether oxygens (including phenoxy) is 1. The van der Waals surface area contributed by atoms with Crippen molar-refractivity contribution in [2.45, 2.75) is 20.8 Å². The van der Waals surface area contributed by atoms with Gasteiger partial charge in [-0.2, -0.15) is 0 Å². The zero-order valence-corrected chi connectivity index (χ0v) is 16.5. The van der Waals surface area contributed by atoms with Gasteiger partial charge in [0.05, 0.1) is 5.56 Å². The minimum absolute atomic E-state index is 0.00676. The third-order valence-electron chi connectivity index (χ3n) is 5.07. The third-order valence-corrected chi connectivity index (χ3v) is 5.07. The predicted octanol–water partition coefficient (Wildman–Crippen LogP) is 1.94. The Morgan fingerprint density at radius 1 is 0.964 bits per heavy atom. The number of carbonyl (C=O) groups excluding carboxylic acids is 3. The van der Waals surface area contributed by atoms with Gasteiger partial charge in [-0.3, -0.25) is 9.59 Å². The summed E-state index contributed by atoms with van der Waals surface area (Å²) < 4.78 is 7.26. The fourth-order valence-electron chi connectivity index (χ4n) is 3.51. The summed E-state index contributed by atoms with van der Waals surface area (Å²) in [5.41, 5.74) is 3.12. The van der Waals surface area contributed by atoms with E-state index in [9.17, 15) is 14.4 Å². The molecule has 2 aromatic rings. The number of hydrogen-bond acceptors (Lipinski definition) is 4. The molecule has 1 aliphatic rings. The molecule has 7 heteroatoms. The highest BCUT2D eigenvalue weighted by Crippen LogP contribution is 2.21. The molecule has 0 unspecified atom stereocenters. The maximum atomic E-state index is 12.5. The largest absolute Gasteiger partial charge is 0.452 e. The smallest absolute Gasteiger partial charge is 0.340 e. The van der Waals surface area contributed by atoms with Crippen LogP contribution in [0.1, 0.15) is 28.7 Å². The number of aryl methyl sites for hydroxylation is 1. The van der Waals surface area contributed by atoms with Crippen LogP contribution >= 0.6 is 0 Å². The second kappa shape index (κ2) is 8.29. The molecule has 0 bridgehead atoms. The van der Waals surface area contributed by atoms with Crippen molar-refractivity contribution >= 4 is 17.8 Å². The lowest BCUT2D eigenvalue weighted by Gasteiger charge is -2.34. The normalized spacial score (nSPS) is 14.1. The molecule has 28 heavy (non-hydrogen) atoms. The van der Waals surface area contributed by atoms with Gasteiger partial charge >= 0.3 is 5.97 Å². The molecule has 0 radical (unpaired) electrons. The second-order valence-electron chi connectivity index (χ2n) is 6.92. The second-order valence-corrected chi connectivity index (χ2v) is 6.92. The summed E-state index contributed by atoms with van der Waals surface area (Å²) in [6.07, 6.45) is 0. The van der Waals surface area contributed by atoms with Crippen molar-refractivity contribution in [2.75, 3.05) is 32.8 Å². The van der Waals surface area contributed by atoms with Crippen molar-refractivity contribution in [3.05, 3.63) is 53.3 Å². The van der Waals surface area contributed by atoms with E-state index < -0.39 is 5.97 Å². The molecule has 1 aliphatic heterocycles. The fourth-order valence-corrected chi connectivity index (χ4v) is 3.51. The molecule has 0 atom stereocenters. The molecule has 7 nitrogen and oxygen atoms in total. The van der Waals surface area contributed by atoms with Gasteiger partial charge in [0.15, 0.2) is 6.61 Å². The van der Waals surface area contributed by atoms with E-state index in [1.165, 1.54) is 6.92 Å². The number of esters is 1. The number of amides is 2. The number of hydrogen-bond donors (Lipinski definition) is 0. The Kier molecular flexibility index (Phi) is 5.82. The highest BCUT2D eigenvalue weighted by molar-refractivity contribution is 5.93. The Hall–Kier alpha value is -3.09. The van der Waals surface area contributed by atoms with E-state index in [4.69, 9.17) is 4.74 Å². The lowest BCUT2D eigenvalue weighted by molar-refractivity contribution is -0.140. The van der Waals surface area contributed by atoms with Crippen LogP contribution < -0.4 is 0 Å². The molecule has 1 fully saturated rings. The average Bonchev–Trinajstić information content (AvgIpc) is 3.00. The van der Waals surface area contributed by atoms with Crippen molar-refractivity contribution in [1.82, 2.24) is 14.4 Å². The van der Waals surface area contributed by atoms with Crippen molar-refractivity contribution < 1.29 is 19.1 Å². The minimum atomic E-state index is -0.508. The minimum Gasteiger partial charge on any atom is -0.452 e. The van der Waals surface area contributed by atoms with Crippen LogP contribution in [0.4, 0.5) is 0 Å². The van der Waals surface area contributed by atoms with E-state index in [2.05, 4.69) is 0 Å². The molecule has 0 spiro atoms. The number of benzene rings is 1. The van der Waals surface area contributed by atoms with E-state index >= 15 is 0 Å². The van der Waals surface area contributed by atoms with Gasteiger partial charge in [0, 0.05) is 50.2 Å². The maximum absolute atomic E-state index is 12.5. The summed E-state index contributed by atoms with van der Waals surface area (Å²) in [6, 6.07) is 11.5. The van der Waals surface area contributed by atoms with Crippen molar-refractivity contribution in [1.29, 1.82) is 0 Å². The number of carbonyl (C=O) groups is 3. The Morgan fingerprint density at radius 2 is 1.57 bits per heavy atom. The first-order valence-corrected chi connectivity index (χ1v) is 9.33. The predicted molar refractivity (Wildman–Crippen MR) is 104 cm³/mol. The molecular formula is C21H25N3O4. The van der Waals surface area contributed by atoms with E-state index in [1.54, 1.807) is 15.9 Å². The van der Waals surface area contributed by atoms with E-state index in [0.717, 1.165) is 17.1 Å². The Balaban J connectivity index is 1.61. The zero-order chi connectivity index (χ0) is 20.3. The van der Waals surface area contributed by atoms with Crippen molar-refractivity contribution in [2.24, 2.45) is 0 Å². The standard InChI is InChI=1S/C21H25N3O4/c1-15-13-19(16(2)24(15)18-7-5-4-6-8-18)21(27)28-14-20(26)23-11-9-22(10-12-23)17(3)25/h4-8,13H,9-12,14H2,1-3H3. The van der Waals surface area contributed by atoms with Crippen LogP contribution in [-0.4, -0.2) is 64.9 Å². The maximum Gasteiger partial charge on any atom is 0.340 e. The molecule has 148 valence electrons. The van der Waals surface area contributed by atoms with E-state index in [0.29, 0.717) is 31.7 Å². The number of rotatable bonds is 4. The fraction of sp³-hybridized carbons (Fsp3) is 0.381. The van der Waals surface area contributed by atoms with Gasteiger partial charge in [0.2, 0.25) is 5.91 Å². The van der Waals surface area contributed by atoms with Gasteiger partial charge in [0.1, 0.15) is 0 Å². The molecule has 0 saturated carbocycles. The number of piperazine rings is 1. The van der Waals surface area contributed by atoms with Crippen molar-refractivity contribution in [3.8, 4) is 5.69 Å². The van der Waals surface area contributed by atoms with Gasteiger partial charge in [-0.1, -0.05) is 18.2 Å². The van der Waals surface area contributed by atoms with Crippen LogP contribution in [0.15, 0.2) is 36.4 Å². The third kappa shape index (κ3) is 4.08. The SMILES string of the molecule is CC(=O)N1CCN(C(=O)COC(=O)c2cc(C)n(-c3ccccc3)c2C)CC1. The van der Waals surface area contributed by atoms with Crippen LogP contribution in [0.3, 0.4) is 0 Å². The van der Waals surface area contributed by atoms with E-state index in [1.807, 2.05) is 48.7 Å². The summed E-state index contributed by atoms with van der Waals surface area (Å²) >= 11 is 0. The Bertz CT molecular complexity index is 881. The molecular weight excluding hydrogens is 358 g/mol. The quantitative estimate of drug-likeness (QED) is 0.757. The van der Waals surface area contributed by atoms with Gasteiger partial charge in [-0.05, 0) is 32.0 Å². The summed E-state index contributed by atoms with van der Waals surface area (Å²) in [5, 5.41) is 0. The van der Waals surface area contributed by atoms with Gasteiger partial charge in [-0.25, -0.2) is 4.79 Å². The molecule has 1 aromatic carbocycles. The lowest BCUT2D eigenvalue weighted by Crippen LogP contribution is -2.51. The molecule has 0 aliphatic carbocycles. The first-order chi connectivity index (χ1) is 13.4. The van der Waals surface area contributed by atoms with Gasteiger partial charge < -0.3 is 19.1 Å². The molecule has 1 saturated heterocycles. The molecule has 3 rings (SSSR count). The van der Waals surface area contributed by atoms with Gasteiger partial charge in [0.25, 0.3) is 5.91 Å². The van der Waals surface area contributed by atoms with Crippen LogP contribution in [0.5, 0.6) is 0 Å². The zero-order valence-electron chi connectivity index (χ0n) is 16.5. The summed E-state index contributed by atoms with van der Waals surface area (Å²) in [4.78, 5) is 39.6. The Morgan fingerprint density at radius 3 is 2.18 bits per heavy atom. The van der Waals surface area contributed by atoms with Crippen LogP contribution in [-0.2, 0) is 14.3 Å². The summed E-state index contributed by atoms with van der Waals surface area (Å²) in [6.45, 7) is 6.94. The number of aromatic nitrogens is 1. The first-order valence-electron chi connectivity index (χ1n) is 9.33. The summed E-state index contributed by atoms with van der Waals surface area (Å²) in [5.74, 6) is -0.744. The number of nitrogens with zero attached hydrogens (tertiary/aromatic N) is 3. The molecule has 2 heterocycles. The Labute approximate surface area is 164 Å². The topological polar surface area (TPSA) is 71.9 Å². The molecule has 0 N–H and O–H groups in total. The molecule has 1 aromatic heterocycles. The van der Waals surface area contributed by atoms with E-state index in [-0.39, 0.29) is 18.4 Å². The first kappa shape index (κ1) is 19.7. The summed E-state index contributed by atoms with van der Waals surface area (Å²) in [7, 11) is 0. The average molecular weight is 383 g/mol. The lowest BCUT2D eigenvalue weighted by atomic mass is 10.2.